The topological polar surface area (TPSA) is 45.9 Å². The van der Waals surface area contributed by atoms with E-state index in [1.165, 1.54) is 12.1 Å². The Balaban J connectivity index is 2.32. The van der Waals surface area contributed by atoms with E-state index in [0.717, 1.165) is 12.3 Å². The Morgan fingerprint density at radius 1 is 1.16 bits per heavy atom. The molecule has 1 aromatic carbocycles. The zero-order chi connectivity index (χ0) is 13.9. The van der Waals surface area contributed by atoms with E-state index in [1.807, 2.05) is 6.07 Å². The first-order valence-electron chi connectivity index (χ1n) is 5.20. The van der Waals surface area contributed by atoms with Crippen LogP contribution < -0.4 is 4.74 Å². The monoisotopic (exact) mass is 264 g/mol. The molecule has 6 heteroatoms. The lowest BCUT2D eigenvalue weighted by Crippen LogP contribution is -2.05. The van der Waals surface area contributed by atoms with Crippen LogP contribution in [0.15, 0.2) is 42.7 Å². The number of aromatic nitrogens is 1. The van der Waals surface area contributed by atoms with Crippen LogP contribution in [0.25, 0.3) is 0 Å². The molecule has 2 rings (SSSR count). The Labute approximate surface area is 106 Å². The van der Waals surface area contributed by atoms with Gasteiger partial charge >= 0.3 is 6.18 Å². The number of benzene rings is 1. The van der Waals surface area contributed by atoms with Gasteiger partial charge < -0.3 is 4.74 Å². The number of pyridine rings is 1. The largest absolute Gasteiger partial charge is 0.454 e. The maximum atomic E-state index is 12.5. The minimum absolute atomic E-state index is 0.0717. The lowest BCUT2D eigenvalue weighted by molar-refractivity contribution is -0.137. The Bertz CT molecular complexity index is 632. The average Bonchev–Trinajstić information content (AvgIpc) is 2.39. The van der Waals surface area contributed by atoms with Crippen LogP contribution >= 0.6 is 0 Å². The lowest BCUT2D eigenvalue weighted by atomic mass is 10.2. The summed E-state index contributed by atoms with van der Waals surface area (Å²) in [5.41, 5.74) is -0.667. The number of para-hydroxylation sites is 1. The van der Waals surface area contributed by atoms with Crippen molar-refractivity contribution in [2.45, 2.75) is 6.18 Å². The summed E-state index contributed by atoms with van der Waals surface area (Å²) in [6.07, 6.45) is -2.62. The van der Waals surface area contributed by atoms with Gasteiger partial charge in [-0.3, -0.25) is 4.98 Å². The molecule has 0 saturated carbocycles. The first-order chi connectivity index (χ1) is 9.00. The van der Waals surface area contributed by atoms with Crippen LogP contribution in [0, 0.1) is 11.3 Å². The van der Waals surface area contributed by atoms with Crippen molar-refractivity contribution in [3.8, 4) is 17.6 Å². The second-order valence-corrected chi connectivity index (χ2v) is 3.62. The van der Waals surface area contributed by atoms with E-state index < -0.39 is 11.7 Å². The molecule has 3 nitrogen and oxygen atoms in total. The average molecular weight is 264 g/mol. The van der Waals surface area contributed by atoms with Crippen LogP contribution in [0.5, 0.6) is 11.5 Å². The standard InChI is InChI=1S/C13H7F3N2O/c14-13(15,16)10-5-11(8-18-7-10)19-12-4-2-1-3-9(12)6-17/h1-5,7-8H. The number of alkyl halides is 3. The molecule has 1 heterocycles. The number of nitrogens with zero attached hydrogens (tertiary/aromatic N) is 2. The van der Waals surface area contributed by atoms with Crippen LogP contribution in [0.1, 0.15) is 11.1 Å². The Kier molecular flexibility index (Phi) is 3.38. The van der Waals surface area contributed by atoms with Crippen molar-refractivity contribution >= 4 is 0 Å². The SMILES string of the molecule is N#Cc1ccccc1Oc1cncc(C(F)(F)F)c1. The smallest absolute Gasteiger partial charge is 0.418 e. The van der Waals surface area contributed by atoms with Crippen molar-refractivity contribution in [3.63, 3.8) is 0 Å². The quantitative estimate of drug-likeness (QED) is 0.829. The van der Waals surface area contributed by atoms with Gasteiger partial charge in [0.1, 0.15) is 17.6 Å². The van der Waals surface area contributed by atoms with E-state index in [-0.39, 0.29) is 17.1 Å². The Hall–Kier alpha value is -2.55. The normalized spacial score (nSPS) is 10.8. The second-order valence-electron chi connectivity index (χ2n) is 3.62. The summed E-state index contributed by atoms with van der Waals surface area (Å²) < 4.78 is 42.8. The van der Waals surface area contributed by atoms with Crippen LogP contribution in [0.3, 0.4) is 0 Å². The molecule has 0 radical (unpaired) electrons. The minimum Gasteiger partial charge on any atom is -0.454 e. The molecular formula is C13H7F3N2O. The highest BCUT2D eigenvalue weighted by molar-refractivity contribution is 5.45. The van der Waals surface area contributed by atoms with Gasteiger partial charge in [-0.25, -0.2) is 0 Å². The summed E-state index contributed by atoms with van der Waals surface area (Å²) in [6.45, 7) is 0. The second kappa shape index (κ2) is 4.98. The van der Waals surface area contributed by atoms with Gasteiger partial charge in [0.25, 0.3) is 0 Å². The molecule has 0 saturated heterocycles. The molecule has 0 aliphatic carbocycles. The predicted octanol–water partition coefficient (Wildman–Crippen LogP) is 3.76. The van der Waals surface area contributed by atoms with Gasteiger partial charge in [-0.1, -0.05) is 12.1 Å². The summed E-state index contributed by atoms with van der Waals surface area (Å²) in [7, 11) is 0. The number of rotatable bonds is 2. The molecule has 1 aromatic heterocycles. The molecule has 2 aromatic rings. The van der Waals surface area contributed by atoms with Gasteiger partial charge in [0.05, 0.1) is 17.3 Å². The van der Waals surface area contributed by atoms with Gasteiger partial charge in [-0.2, -0.15) is 18.4 Å². The Morgan fingerprint density at radius 2 is 1.89 bits per heavy atom. The molecular weight excluding hydrogens is 257 g/mol. The molecule has 0 atom stereocenters. The first-order valence-corrected chi connectivity index (χ1v) is 5.20. The Morgan fingerprint density at radius 3 is 2.58 bits per heavy atom. The van der Waals surface area contributed by atoms with Crippen molar-refractivity contribution in [1.82, 2.24) is 4.98 Å². The van der Waals surface area contributed by atoms with E-state index in [4.69, 9.17) is 10.00 Å². The number of ether oxygens (including phenoxy) is 1. The van der Waals surface area contributed by atoms with Crippen molar-refractivity contribution in [1.29, 1.82) is 5.26 Å². The molecule has 0 N–H and O–H groups in total. The zero-order valence-corrected chi connectivity index (χ0v) is 9.48. The van der Waals surface area contributed by atoms with Crippen molar-refractivity contribution in [3.05, 3.63) is 53.9 Å². The minimum atomic E-state index is -4.49. The maximum absolute atomic E-state index is 12.5. The van der Waals surface area contributed by atoms with E-state index >= 15 is 0 Å². The van der Waals surface area contributed by atoms with Crippen LogP contribution in [-0.2, 0) is 6.18 Å². The van der Waals surface area contributed by atoms with Crippen LogP contribution in [0.2, 0.25) is 0 Å². The fourth-order valence-corrected chi connectivity index (χ4v) is 1.40. The van der Waals surface area contributed by atoms with E-state index in [1.54, 1.807) is 12.1 Å². The summed E-state index contributed by atoms with van der Waals surface area (Å²) in [5, 5.41) is 8.85. The lowest BCUT2D eigenvalue weighted by Gasteiger charge is -2.10. The van der Waals surface area contributed by atoms with Crippen molar-refractivity contribution in [2.24, 2.45) is 0 Å². The molecule has 0 fully saturated rings. The van der Waals surface area contributed by atoms with E-state index in [2.05, 4.69) is 4.98 Å². The van der Waals surface area contributed by atoms with Crippen molar-refractivity contribution < 1.29 is 17.9 Å². The summed E-state index contributed by atoms with van der Waals surface area (Å²) in [6, 6.07) is 8.99. The molecule has 0 aliphatic rings. The molecule has 19 heavy (non-hydrogen) atoms. The third-order valence-corrected chi connectivity index (χ3v) is 2.28. The summed E-state index contributed by atoms with van der Waals surface area (Å²) >= 11 is 0. The number of hydrogen-bond donors (Lipinski definition) is 0. The number of nitriles is 1. The van der Waals surface area contributed by atoms with Gasteiger partial charge in [-0.05, 0) is 18.2 Å². The van der Waals surface area contributed by atoms with Gasteiger partial charge in [0.15, 0.2) is 0 Å². The fourth-order valence-electron chi connectivity index (χ4n) is 1.40. The molecule has 0 bridgehead atoms. The zero-order valence-electron chi connectivity index (χ0n) is 9.48. The van der Waals surface area contributed by atoms with Gasteiger partial charge in [-0.15, -0.1) is 0 Å². The number of hydrogen-bond acceptors (Lipinski definition) is 3. The molecule has 0 unspecified atom stereocenters. The summed E-state index contributed by atoms with van der Waals surface area (Å²) in [5.74, 6) is 0.114. The highest BCUT2D eigenvalue weighted by atomic mass is 19.4. The third-order valence-electron chi connectivity index (χ3n) is 2.28. The van der Waals surface area contributed by atoms with Crippen LogP contribution in [0.4, 0.5) is 13.2 Å². The molecule has 0 aliphatic heterocycles. The predicted molar refractivity (Wildman–Crippen MR) is 60.5 cm³/mol. The van der Waals surface area contributed by atoms with Gasteiger partial charge in [0, 0.05) is 6.20 Å². The molecule has 96 valence electrons. The van der Waals surface area contributed by atoms with Gasteiger partial charge in [0.2, 0.25) is 0 Å². The van der Waals surface area contributed by atoms with E-state index in [0.29, 0.717) is 6.20 Å². The molecule has 0 spiro atoms. The number of halogens is 3. The highest BCUT2D eigenvalue weighted by Crippen LogP contribution is 2.32. The summed E-state index contributed by atoms with van der Waals surface area (Å²) in [4.78, 5) is 3.47. The first kappa shape index (κ1) is 12.9. The van der Waals surface area contributed by atoms with E-state index in [9.17, 15) is 13.2 Å². The maximum Gasteiger partial charge on any atom is 0.418 e. The van der Waals surface area contributed by atoms with Crippen LogP contribution in [-0.4, -0.2) is 4.98 Å². The highest BCUT2D eigenvalue weighted by Gasteiger charge is 2.31. The molecule has 0 amide bonds. The third kappa shape index (κ3) is 3.01. The van der Waals surface area contributed by atoms with Crippen molar-refractivity contribution in [2.75, 3.05) is 0 Å². The fraction of sp³-hybridized carbons (Fsp3) is 0.0769.